The van der Waals surface area contributed by atoms with Crippen molar-refractivity contribution in [1.82, 2.24) is 10.1 Å². The second kappa shape index (κ2) is 3.88. The summed E-state index contributed by atoms with van der Waals surface area (Å²) in [6.45, 7) is 7.34. The van der Waals surface area contributed by atoms with Gasteiger partial charge in [0, 0.05) is 5.41 Å². The number of rotatable bonds is 3. The first-order valence-electron chi connectivity index (χ1n) is 4.64. The first-order chi connectivity index (χ1) is 6.80. The molecule has 1 aromatic heterocycles. The number of carboxylic acids is 1. The monoisotopic (exact) mass is 213 g/mol. The highest BCUT2D eigenvalue weighted by atomic mass is 16.5. The van der Waals surface area contributed by atoms with E-state index < -0.39 is 12.0 Å². The van der Waals surface area contributed by atoms with Crippen LogP contribution in [-0.2, 0) is 10.2 Å². The summed E-state index contributed by atoms with van der Waals surface area (Å²) in [6, 6.07) is -0.618. The molecular weight excluding hydrogens is 198 g/mol. The van der Waals surface area contributed by atoms with Gasteiger partial charge in [-0.3, -0.25) is 4.79 Å². The number of aliphatic carboxylic acids is 1. The Hall–Kier alpha value is -1.59. The van der Waals surface area contributed by atoms with Crippen molar-refractivity contribution in [2.75, 3.05) is 5.32 Å². The zero-order valence-electron chi connectivity index (χ0n) is 9.24. The van der Waals surface area contributed by atoms with E-state index in [2.05, 4.69) is 15.5 Å². The summed E-state index contributed by atoms with van der Waals surface area (Å²) in [6.07, 6.45) is 0. The molecule has 0 aliphatic heterocycles. The highest BCUT2D eigenvalue weighted by Crippen LogP contribution is 2.20. The van der Waals surface area contributed by atoms with Gasteiger partial charge in [0.25, 0.3) is 0 Å². The fraction of sp³-hybridized carbons (Fsp3) is 0.667. The van der Waals surface area contributed by atoms with Gasteiger partial charge < -0.3 is 14.9 Å². The van der Waals surface area contributed by atoms with Crippen LogP contribution < -0.4 is 5.32 Å². The molecule has 0 radical (unpaired) electrons. The Morgan fingerprint density at radius 1 is 1.53 bits per heavy atom. The Morgan fingerprint density at radius 3 is 2.53 bits per heavy atom. The second-order valence-corrected chi connectivity index (χ2v) is 4.38. The minimum absolute atomic E-state index is 0.134. The van der Waals surface area contributed by atoms with Crippen molar-refractivity contribution in [2.24, 2.45) is 0 Å². The zero-order chi connectivity index (χ0) is 11.6. The molecule has 1 heterocycles. The highest BCUT2D eigenvalue weighted by molar-refractivity contribution is 5.75. The van der Waals surface area contributed by atoms with Crippen molar-refractivity contribution in [3.63, 3.8) is 0 Å². The number of nitrogens with zero attached hydrogens (tertiary/aromatic N) is 2. The third-order valence-corrected chi connectivity index (χ3v) is 1.81. The topological polar surface area (TPSA) is 88.3 Å². The minimum atomic E-state index is -0.967. The van der Waals surface area contributed by atoms with Gasteiger partial charge in [0.2, 0.25) is 0 Å². The van der Waals surface area contributed by atoms with Gasteiger partial charge in [-0.25, -0.2) is 0 Å². The molecule has 0 aromatic carbocycles. The molecule has 6 heteroatoms. The number of aromatic nitrogens is 2. The van der Waals surface area contributed by atoms with E-state index in [-0.39, 0.29) is 11.4 Å². The third-order valence-electron chi connectivity index (χ3n) is 1.81. The van der Waals surface area contributed by atoms with Crippen LogP contribution in [0.1, 0.15) is 33.5 Å². The molecule has 0 bridgehead atoms. The van der Waals surface area contributed by atoms with Crippen molar-refractivity contribution in [1.29, 1.82) is 0 Å². The Labute approximate surface area is 87.7 Å². The Bertz CT molecular complexity index is 354. The lowest BCUT2D eigenvalue weighted by Crippen LogP contribution is -2.25. The standard InChI is InChI=1S/C9H15N3O3/c1-5(6(13)14)10-8-11-7(12-15-8)9(2,3)4/h5H,1-4H3,(H,13,14)(H,10,11,12). The van der Waals surface area contributed by atoms with Gasteiger partial charge in [0.05, 0.1) is 0 Å². The van der Waals surface area contributed by atoms with Crippen LogP contribution in [0.2, 0.25) is 0 Å². The van der Waals surface area contributed by atoms with E-state index in [1.165, 1.54) is 6.92 Å². The molecule has 1 atom stereocenters. The molecule has 0 aliphatic rings. The third kappa shape index (κ3) is 2.93. The van der Waals surface area contributed by atoms with Crippen molar-refractivity contribution in [2.45, 2.75) is 39.2 Å². The van der Waals surface area contributed by atoms with E-state index in [1.54, 1.807) is 0 Å². The maximum atomic E-state index is 10.6. The predicted molar refractivity (Wildman–Crippen MR) is 53.7 cm³/mol. The summed E-state index contributed by atoms with van der Waals surface area (Å²) in [7, 11) is 0. The molecule has 1 unspecified atom stereocenters. The summed E-state index contributed by atoms with van der Waals surface area (Å²) < 4.78 is 4.88. The fourth-order valence-corrected chi connectivity index (χ4v) is 0.834. The van der Waals surface area contributed by atoms with Gasteiger partial charge >= 0.3 is 12.0 Å². The van der Waals surface area contributed by atoms with Crippen LogP contribution in [0.15, 0.2) is 4.52 Å². The smallest absolute Gasteiger partial charge is 0.325 e. The lowest BCUT2D eigenvalue weighted by molar-refractivity contribution is -0.137. The number of nitrogens with one attached hydrogen (secondary N) is 1. The molecule has 0 saturated carbocycles. The van der Waals surface area contributed by atoms with Crippen molar-refractivity contribution < 1.29 is 14.4 Å². The normalized spacial score (nSPS) is 13.6. The second-order valence-electron chi connectivity index (χ2n) is 4.38. The van der Waals surface area contributed by atoms with Gasteiger partial charge in [-0.2, -0.15) is 4.98 Å². The van der Waals surface area contributed by atoms with Crippen molar-refractivity contribution in [3.05, 3.63) is 5.82 Å². The fourth-order valence-electron chi connectivity index (χ4n) is 0.834. The number of carbonyl (C=O) groups is 1. The summed E-state index contributed by atoms with van der Waals surface area (Å²) in [5, 5.41) is 15.0. The molecule has 2 N–H and O–H groups in total. The first kappa shape index (κ1) is 11.5. The molecule has 0 fully saturated rings. The summed E-state index contributed by atoms with van der Waals surface area (Å²) in [5.74, 6) is -0.423. The van der Waals surface area contributed by atoms with Gasteiger partial charge in [0.15, 0.2) is 5.82 Å². The average molecular weight is 213 g/mol. The predicted octanol–water partition coefficient (Wildman–Crippen LogP) is 1.25. The minimum Gasteiger partial charge on any atom is -0.480 e. The summed E-state index contributed by atoms with van der Waals surface area (Å²) in [4.78, 5) is 14.6. The molecular formula is C9H15N3O3. The maximum absolute atomic E-state index is 10.6. The van der Waals surface area contributed by atoms with Crippen molar-refractivity contribution in [3.8, 4) is 0 Å². The molecule has 0 aliphatic carbocycles. The molecule has 0 amide bonds. The SMILES string of the molecule is CC(Nc1nc(C(C)(C)C)no1)C(=O)O. The van der Waals surface area contributed by atoms with E-state index in [4.69, 9.17) is 9.63 Å². The lowest BCUT2D eigenvalue weighted by Gasteiger charge is -2.11. The van der Waals surface area contributed by atoms with E-state index in [1.807, 2.05) is 20.8 Å². The summed E-state index contributed by atoms with van der Waals surface area (Å²) in [5.41, 5.74) is -0.212. The number of carboxylic acid groups (broad SMARTS) is 1. The highest BCUT2D eigenvalue weighted by Gasteiger charge is 2.22. The number of hydrogen-bond donors (Lipinski definition) is 2. The van der Waals surface area contributed by atoms with Crippen LogP contribution in [0.25, 0.3) is 0 Å². The lowest BCUT2D eigenvalue weighted by atomic mass is 9.96. The largest absolute Gasteiger partial charge is 0.480 e. The quantitative estimate of drug-likeness (QED) is 0.785. The zero-order valence-corrected chi connectivity index (χ0v) is 9.24. The molecule has 6 nitrogen and oxygen atoms in total. The Kier molecular flexibility index (Phi) is 2.97. The molecule has 0 spiro atoms. The molecule has 1 rings (SSSR count). The van der Waals surface area contributed by atoms with Crippen LogP contribution in [-0.4, -0.2) is 27.3 Å². The van der Waals surface area contributed by atoms with Crippen LogP contribution in [0.4, 0.5) is 6.01 Å². The van der Waals surface area contributed by atoms with E-state index >= 15 is 0 Å². The van der Waals surface area contributed by atoms with Crippen LogP contribution in [0.3, 0.4) is 0 Å². The number of hydrogen-bond acceptors (Lipinski definition) is 5. The van der Waals surface area contributed by atoms with Crippen LogP contribution >= 0.6 is 0 Å². The van der Waals surface area contributed by atoms with E-state index in [0.29, 0.717) is 5.82 Å². The maximum Gasteiger partial charge on any atom is 0.325 e. The Morgan fingerprint density at radius 2 is 2.13 bits per heavy atom. The average Bonchev–Trinajstić information content (AvgIpc) is 2.51. The van der Waals surface area contributed by atoms with Gasteiger partial charge in [0.1, 0.15) is 6.04 Å². The summed E-state index contributed by atoms with van der Waals surface area (Å²) >= 11 is 0. The van der Waals surface area contributed by atoms with Gasteiger partial charge in [-0.15, -0.1) is 0 Å². The molecule has 0 saturated heterocycles. The van der Waals surface area contributed by atoms with E-state index in [0.717, 1.165) is 0 Å². The van der Waals surface area contributed by atoms with Crippen LogP contribution in [0, 0.1) is 0 Å². The molecule has 84 valence electrons. The van der Waals surface area contributed by atoms with Crippen molar-refractivity contribution >= 4 is 12.0 Å². The first-order valence-corrected chi connectivity index (χ1v) is 4.64. The van der Waals surface area contributed by atoms with E-state index in [9.17, 15) is 4.79 Å². The molecule has 1 aromatic rings. The van der Waals surface area contributed by atoms with Crippen LogP contribution in [0.5, 0.6) is 0 Å². The van der Waals surface area contributed by atoms with Gasteiger partial charge in [-0.1, -0.05) is 25.9 Å². The van der Waals surface area contributed by atoms with Gasteiger partial charge in [-0.05, 0) is 6.92 Å². The number of anilines is 1. The molecule has 15 heavy (non-hydrogen) atoms. The Balaban J connectivity index is 2.73.